The van der Waals surface area contributed by atoms with Gasteiger partial charge in [0.2, 0.25) is 70.9 Å². The Kier molecular flexibility index (Phi) is 30.5. The van der Waals surface area contributed by atoms with Gasteiger partial charge in [-0.3, -0.25) is 57.5 Å². The lowest BCUT2D eigenvalue weighted by atomic mass is 9.58. The fourth-order valence-corrected chi connectivity index (χ4v) is 17.7. The molecule has 0 aromatic heterocycles. The van der Waals surface area contributed by atoms with Crippen LogP contribution in [0.5, 0.6) is 0 Å². The third-order valence-electron chi connectivity index (χ3n) is 24.3. The molecular formula is C76H118F8N12O13. The van der Waals surface area contributed by atoms with Crippen LogP contribution >= 0.6 is 0 Å². The van der Waals surface area contributed by atoms with Gasteiger partial charge in [0.15, 0.2) is 0 Å². The van der Waals surface area contributed by atoms with Crippen LogP contribution in [0.2, 0.25) is 0 Å². The molecule has 109 heavy (non-hydrogen) atoms. The van der Waals surface area contributed by atoms with Crippen LogP contribution in [-0.4, -0.2) is 289 Å². The number of hydrogen-bond acceptors (Lipinski definition) is 13. The number of nitrogens with one attached hydrogen (secondary N) is 3. The topological polar surface area (TPSA) is 279 Å². The van der Waals surface area contributed by atoms with E-state index in [1.165, 1.54) is 68.9 Å². The molecule has 2 bridgehead atoms. The molecule has 0 aromatic carbocycles. The summed E-state index contributed by atoms with van der Waals surface area (Å²) in [5.41, 5.74) is -2.32. The number of amides is 12. The highest BCUT2D eigenvalue weighted by Gasteiger charge is 2.60. The summed E-state index contributed by atoms with van der Waals surface area (Å²) in [6.07, 6.45) is -12.7. The molecular weight excluding hydrogens is 1440 g/mol. The molecule has 0 radical (unpaired) electrons. The lowest BCUT2D eigenvalue weighted by Gasteiger charge is -2.54. The first-order valence-electron chi connectivity index (χ1n) is 38.9. The van der Waals surface area contributed by atoms with Crippen LogP contribution in [0.4, 0.5) is 35.1 Å². The highest BCUT2D eigenvalue weighted by Crippen LogP contribution is 2.50. The van der Waals surface area contributed by atoms with Gasteiger partial charge in [-0.05, 0) is 152 Å². The van der Waals surface area contributed by atoms with Crippen molar-refractivity contribution in [2.24, 2.45) is 46.8 Å². The molecule has 7 rings (SSSR count). The second-order valence-corrected chi connectivity index (χ2v) is 33.0. The summed E-state index contributed by atoms with van der Waals surface area (Å²) < 4.78 is 121. The number of nitrogens with zero attached hydrogens (tertiary/aromatic N) is 9. The summed E-state index contributed by atoms with van der Waals surface area (Å²) in [5.74, 6) is -17.3. The minimum atomic E-state index is -5.21. The average molecular weight is 1560 g/mol. The molecule has 3 aliphatic heterocycles. The molecule has 2 saturated heterocycles. The Balaban J connectivity index is 1.33. The van der Waals surface area contributed by atoms with Crippen molar-refractivity contribution < 1.29 is 97.4 Å². The highest BCUT2D eigenvalue weighted by molar-refractivity contribution is 6.01. The van der Waals surface area contributed by atoms with Crippen molar-refractivity contribution in [3.05, 3.63) is 12.2 Å². The monoisotopic (exact) mass is 1560 g/mol. The minimum absolute atomic E-state index is 0.00156. The van der Waals surface area contributed by atoms with Crippen LogP contribution < -0.4 is 16.0 Å². The van der Waals surface area contributed by atoms with Gasteiger partial charge in [0.1, 0.15) is 72.1 Å². The van der Waals surface area contributed by atoms with Crippen LogP contribution in [0.3, 0.4) is 0 Å². The van der Waals surface area contributed by atoms with E-state index in [1.807, 2.05) is 13.8 Å². The number of ether oxygens (including phenoxy) is 1. The van der Waals surface area contributed by atoms with Crippen molar-refractivity contribution in [2.75, 3.05) is 95.3 Å². The molecule has 4 aliphatic carbocycles. The summed E-state index contributed by atoms with van der Waals surface area (Å²) in [7, 11) is 9.41. The Labute approximate surface area is 635 Å². The Morgan fingerprint density at radius 2 is 1.28 bits per heavy atom. The van der Waals surface area contributed by atoms with E-state index in [0.29, 0.717) is 32.1 Å². The summed E-state index contributed by atoms with van der Waals surface area (Å²) in [4.78, 5) is 192. The second-order valence-electron chi connectivity index (χ2n) is 33.0. The first-order valence-corrected chi connectivity index (χ1v) is 38.9. The number of halogens is 8. The van der Waals surface area contributed by atoms with E-state index in [4.69, 9.17) is 4.74 Å². The molecule has 33 heteroatoms. The standard InChI is InChI=1S/C76H118F8N12O13/c1-15-45(5)62-70(106)90(10)40-60(99)91(11)53-25-19-18-22-32-95(69(53)105)56(36-46-26-29-49(30-27-46)75(79,80)81)68(104)89(9)39-58(97)85-52(31-28-47-34-50(77)61(51(78)35-47)76(82,83)84)66(102)96-38-44(4)33-54(96)65(101)87-74(42-73(6,7)43-74)72(108)94(14)63(48-23-20-21-24-48)71(107)93(13)55(67(103)88(8)16-2)37-59(98)92(12)57(41-109-17-3)64(100)86-62/h18-19,44-57,61-63H,15-17,20-43H2,1-14H3,(H,85,97)(H,86,100)(H,87,101)/b19-18-/t44-,45-,46?,47?,49?,50?,51?,52-,53-,54-,55-,56-,57-,61?,62-,63-/m0/s1. The minimum Gasteiger partial charge on any atom is -0.379 e. The quantitative estimate of drug-likeness (QED) is 0.130. The fraction of sp³-hybridized carbons (Fsp3) is 0.816. The van der Waals surface area contributed by atoms with Crippen molar-refractivity contribution >= 4 is 70.9 Å². The maximum Gasteiger partial charge on any atom is 0.397 e. The van der Waals surface area contributed by atoms with Crippen molar-refractivity contribution in [1.29, 1.82) is 0 Å². The SMILES string of the molecule is CCOC[C@H]1C(=O)N[C@@H]([C@@H](C)CC)C(=O)N(C)CC(=O)N(C)[C@H]2C/C=C\CCN(C2=O)[C@@H](CC2CCC(C(F)(F)F)CC2)C(=O)N(C)CC(=O)N[C@@H](CCC2CC(F)C(C(F)(F)F)C(F)C2)C(=O)N2C[C@@H](C)C[C@H]2C(=O)NC2(CC(C)(C)C2)C(=O)N(C)[C@@H](C2CCCC2)C(=O)N(C)[C@H](C(=O)N(C)CC)CC(=O)N1C. The second kappa shape index (κ2) is 37.4. The largest absolute Gasteiger partial charge is 0.397 e. The molecule has 2 unspecified atom stereocenters. The molecule has 12 atom stereocenters. The number of fused-ring (bicyclic) bond motifs is 3. The third-order valence-corrected chi connectivity index (χ3v) is 24.3. The zero-order chi connectivity index (χ0) is 81.3. The predicted octanol–water partition coefficient (Wildman–Crippen LogP) is 6.60. The molecule has 0 aromatic rings. The van der Waals surface area contributed by atoms with Crippen LogP contribution in [0.25, 0.3) is 0 Å². The average Bonchev–Trinajstić information content (AvgIpc) is 1.50. The predicted molar refractivity (Wildman–Crippen MR) is 386 cm³/mol. The van der Waals surface area contributed by atoms with Crippen LogP contribution in [-0.2, 0) is 62.3 Å². The molecule has 616 valence electrons. The zero-order valence-corrected chi connectivity index (χ0v) is 65.9. The molecule has 4 saturated carbocycles. The van der Waals surface area contributed by atoms with E-state index < -0.39 is 242 Å². The van der Waals surface area contributed by atoms with E-state index in [2.05, 4.69) is 16.0 Å². The van der Waals surface area contributed by atoms with Gasteiger partial charge in [-0.2, -0.15) is 26.3 Å². The number of likely N-dealkylation sites (N-methyl/N-ethyl adjacent to an activating group) is 7. The molecule has 1 spiro atoms. The molecule has 6 fully saturated rings. The summed E-state index contributed by atoms with van der Waals surface area (Å²) in [6.45, 7) is 10.2. The number of carbonyl (C=O) groups is 12. The molecule has 3 N–H and O–H groups in total. The van der Waals surface area contributed by atoms with E-state index in [-0.39, 0.29) is 96.9 Å². The number of alkyl halides is 8. The zero-order valence-electron chi connectivity index (χ0n) is 65.9. The van der Waals surface area contributed by atoms with Crippen molar-refractivity contribution in [3.63, 3.8) is 0 Å². The highest BCUT2D eigenvalue weighted by atomic mass is 19.4. The van der Waals surface area contributed by atoms with Gasteiger partial charge >= 0.3 is 12.4 Å². The smallest absolute Gasteiger partial charge is 0.379 e. The third kappa shape index (κ3) is 21.5. The van der Waals surface area contributed by atoms with Crippen LogP contribution in [0, 0.1) is 46.8 Å². The van der Waals surface area contributed by atoms with E-state index >= 15 is 37.5 Å². The first-order chi connectivity index (χ1) is 50.9. The van der Waals surface area contributed by atoms with Crippen molar-refractivity contribution in [1.82, 2.24) is 60.0 Å². The van der Waals surface area contributed by atoms with Gasteiger partial charge < -0.3 is 64.8 Å². The molecule has 25 nitrogen and oxygen atoms in total. The number of rotatable bonds is 13. The van der Waals surface area contributed by atoms with Crippen LogP contribution in [0.15, 0.2) is 12.2 Å². The van der Waals surface area contributed by atoms with Crippen LogP contribution in [0.1, 0.15) is 177 Å². The molecule has 3 heterocycles. The summed E-state index contributed by atoms with van der Waals surface area (Å²) >= 11 is 0. The fourth-order valence-electron chi connectivity index (χ4n) is 17.7. The Hall–Kier alpha value is -7.22. The Morgan fingerprint density at radius 1 is 0.661 bits per heavy atom. The van der Waals surface area contributed by atoms with E-state index in [0.717, 1.165) is 24.5 Å². The Morgan fingerprint density at radius 3 is 1.84 bits per heavy atom. The van der Waals surface area contributed by atoms with Gasteiger partial charge in [-0.1, -0.05) is 66.0 Å². The van der Waals surface area contributed by atoms with Crippen molar-refractivity contribution in [2.45, 2.75) is 255 Å². The Bertz CT molecular complexity index is 3280. The molecule has 7 aliphatic rings. The maximum atomic E-state index is 15.7. The normalized spacial score (nSPS) is 32.2. The molecule has 12 amide bonds. The van der Waals surface area contributed by atoms with Gasteiger partial charge in [0.05, 0.1) is 32.0 Å². The number of hydrogen-bond donors (Lipinski definition) is 3. The maximum absolute atomic E-state index is 15.7. The van der Waals surface area contributed by atoms with E-state index in [1.54, 1.807) is 46.8 Å². The number of carbonyl (C=O) groups excluding carboxylic acids is 12. The van der Waals surface area contributed by atoms with Crippen molar-refractivity contribution in [3.8, 4) is 0 Å². The summed E-state index contributed by atoms with van der Waals surface area (Å²) in [6, 6.07) is -11.5. The summed E-state index contributed by atoms with van der Waals surface area (Å²) in [5, 5.41) is 8.43. The van der Waals surface area contributed by atoms with Gasteiger partial charge in [0, 0.05) is 75.6 Å². The van der Waals surface area contributed by atoms with E-state index in [9.17, 15) is 55.1 Å². The van der Waals surface area contributed by atoms with Gasteiger partial charge in [-0.15, -0.1) is 0 Å². The lowest BCUT2D eigenvalue weighted by Crippen LogP contribution is -2.71. The van der Waals surface area contributed by atoms with Gasteiger partial charge in [-0.25, -0.2) is 8.78 Å². The lowest BCUT2D eigenvalue weighted by molar-refractivity contribution is -0.219. The van der Waals surface area contributed by atoms with Gasteiger partial charge in [0.25, 0.3) is 0 Å². The first kappa shape index (κ1) is 89.0.